The molecule has 0 aromatic carbocycles. The van der Waals surface area contributed by atoms with Crippen LogP contribution in [-0.2, 0) is 11.2 Å². The van der Waals surface area contributed by atoms with Crippen molar-refractivity contribution in [3.05, 3.63) is 30.1 Å². The van der Waals surface area contributed by atoms with E-state index in [9.17, 15) is 4.79 Å². The molecule has 1 atom stereocenters. The number of nitrogens with two attached hydrogens (primary N) is 1. The number of nitrogens with zero attached hydrogens (tertiary/aromatic N) is 2. The Morgan fingerprint density at radius 2 is 2.35 bits per heavy atom. The summed E-state index contributed by atoms with van der Waals surface area (Å²) in [4.78, 5) is 18.3. The van der Waals surface area contributed by atoms with Crippen molar-refractivity contribution in [1.82, 2.24) is 9.88 Å². The molecule has 0 radical (unpaired) electrons. The molecule has 1 saturated heterocycles. The predicted molar refractivity (Wildman–Crippen MR) is 66.3 cm³/mol. The van der Waals surface area contributed by atoms with Gasteiger partial charge in [-0.3, -0.25) is 9.78 Å². The van der Waals surface area contributed by atoms with E-state index < -0.39 is 0 Å². The summed E-state index contributed by atoms with van der Waals surface area (Å²) in [6.45, 7) is 4.81. The maximum absolute atomic E-state index is 12.2. The first-order valence-corrected chi connectivity index (χ1v) is 5.98. The van der Waals surface area contributed by atoms with Crippen molar-refractivity contribution >= 4 is 5.91 Å². The molecule has 1 amide bonds. The average molecular weight is 233 g/mol. The Bertz CT molecular complexity index is 402. The maximum atomic E-state index is 12.2. The molecule has 17 heavy (non-hydrogen) atoms. The summed E-state index contributed by atoms with van der Waals surface area (Å²) in [7, 11) is 0. The molecule has 0 bridgehead atoms. The van der Waals surface area contributed by atoms with Gasteiger partial charge in [-0.05, 0) is 32.4 Å². The molecule has 4 heteroatoms. The summed E-state index contributed by atoms with van der Waals surface area (Å²) in [5.41, 5.74) is 6.59. The zero-order valence-corrected chi connectivity index (χ0v) is 10.4. The van der Waals surface area contributed by atoms with Crippen molar-refractivity contribution in [2.75, 3.05) is 6.54 Å². The molecule has 1 aromatic heterocycles. The van der Waals surface area contributed by atoms with Crippen LogP contribution in [0.25, 0.3) is 0 Å². The van der Waals surface area contributed by atoms with E-state index in [1.165, 1.54) is 0 Å². The summed E-state index contributed by atoms with van der Waals surface area (Å²) >= 11 is 0. The second-order valence-electron chi connectivity index (χ2n) is 5.09. The molecule has 4 nitrogen and oxygen atoms in total. The van der Waals surface area contributed by atoms with Crippen LogP contribution in [0.3, 0.4) is 0 Å². The molecule has 92 valence electrons. The number of hydrogen-bond donors (Lipinski definition) is 1. The maximum Gasteiger partial charge on any atom is 0.229 e. The highest BCUT2D eigenvalue weighted by Crippen LogP contribution is 2.27. The summed E-state index contributed by atoms with van der Waals surface area (Å²) in [6.07, 6.45) is 2.95. The normalized spacial score (nSPS) is 22.8. The third kappa shape index (κ3) is 2.31. The van der Waals surface area contributed by atoms with Gasteiger partial charge in [0.15, 0.2) is 0 Å². The predicted octanol–water partition coefficient (Wildman–Crippen LogP) is 0.962. The number of carbonyl (C=O) groups excluding carboxylic acids is 1. The zero-order valence-electron chi connectivity index (χ0n) is 10.4. The van der Waals surface area contributed by atoms with Gasteiger partial charge in [0.05, 0.1) is 12.0 Å². The van der Waals surface area contributed by atoms with Gasteiger partial charge in [0.2, 0.25) is 5.91 Å². The fourth-order valence-corrected chi connectivity index (χ4v) is 2.31. The summed E-state index contributed by atoms with van der Waals surface area (Å²) in [6, 6.07) is 5.69. The number of likely N-dealkylation sites (tertiary alicyclic amines) is 1. The third-order valence-corrected chi connectivity index (χ3v) is 3.63. The van der Waals surface area contributed by atoms with Crippen molar-refractivity contribution in [2.45, 2.75) is 38.3 Å². The lowest BCUT2D eigenvalue weighted by molar-refractivity contribution is -0.133. The van der Waals surface area contributed by atoms with Crippen LogP contribution in [0.4, 0.5) is 0 Å². The van der Waals surface area contributed by atoms with Gasteiger partial charge in [-0.1, -0.05) is 6.07 Å². The largest absolute Gasteiger partial charge is 0.336 e. The second kappa shape index (κ2) is 4.45. The zero-order chi connectivity index (χ0) is 12.5. The van der Waals surface area contributed by atoms with Crippen molar-refractivity contribution in [1.29, 1.82) is 0 Å². The van der Waals surface area contributed by atoms with Gasteiger partial charge in [-0.25, -0.2) is 0 Å². The van der Waals surface area contributed by atoms with E-state index in [-0.39, 0.29) is 17.5 Å². The summed E-state index contributed by atoms with van der Waals surface area (Å²) in [5.74, 6) is 0.113. The van der Waals surface area contributed by atoms with Crippen LogP contribution in [0.1, 0.15) is 26.0 Å². The molecule has 1 aliphatic rings. The number of rotatable bonds is 2. The molecule has 2 N–H and O–H groups in total. The van der Waals surface area contributed by atoms with Gasteiger partial charge >= 0.3 is 0 Å². The Labute approximate surface area is 102 Å². The first-order chi connectivity index (χ1) is 8.01. The lowest BCUT2D eigenvalue weighted by atomic mass is 9.96. The van der Waals surface area contributed by atoms with Crippen molar-refractivity contribution < 1.29 is 4.79 Å². The van der Waals surface area contributed by atoms with Crippen LogP contribution in [0.2, 0.25) is 0 Å². The molecule has 1 aliphatic heterocycles. The first kappa shape index (κ1) is 12.0. The molecular weight excluding hydrogens is 214 g/mol. The number of hydrogen-bond acceptors (Lipinski definition) is 3. The lowest BCUT2D eigenvalue weighted by Gasteiger charge is -2.34. The Morgan fingerprint density at radius 1 is 1.59 bits per heavy atom. The fourth-order valence-electron chi connectivity index (χ4n) is 2.31. The van der Waals surface area contributed by atoms with Crippen LogP contribution in [-0.4, -0.2) is 33.9 Å². The van der Waals surface area contributed by atoms with Crippen molar-refractivity contribution in [2.24, 2.45) is 5.73 Å². The standard InChI is InChI=1S/C13H19N3O/c1-13(2)11(14)6-8-16(13)12(17)9-10-5-3-4-7-15-10/h3-5,7,11H,6,8-9,14H2,1-2H3. The van der Waals surface area contributed by atoms with E-state index in [1.54, 1.807) is 6.20 Å². The fraction of sp³-hybridized carbons (Fsp3) is 0.538. The van der Waals surface area contributed by atoms with Crippen LogP contribution < -0.4 is 5.73 Å². The van der Waals surface area contributed by atoms with Gasteiger partial charge in [0.1, 0.15) is 0 Å². The molecule has 1 fully saturated rings. The smallest absolute Gasteiger partial charge is 0.229 e. The Kier molecular flexibility index (Phi) is 3.15. The summed E-state index contributed by atoms with van der Waals surface area (Å²) < 4.78 is 0. The van der Waals surface area contributed by atoms with Gasteiger partial charge in [-0.2, -0.15) is 0 Å². The minimum atomic E-state index is -0.244. The molecule has 0 saturated carbocycles. The first-order valence-electron chi connectivity index (χ1n) is 5.98. The van der Waals surface area contributed by atoms with E-state index in [4.69, 9.17) is 5.73 Å². The Balaban J connectivity index is 2.07. The Hall–Kier alpha value is -1.42. The number of pyridine rings is 1. The lowest BCUT2D eigenvalue weighted by Crippen LogP contribution is -2.51. The third-order valence-electron chi connectivity index (χ3n) is 3.63. The number of carbonyl (C=O) groups is 1. The molecule has 1 aromatic rings. The minimum absolute atomic E-state index is 0.0650. The second-order valence-corrected chi connectivity index (χ2v) is 5.09. The van der Waals surface area contributed by atoms with Crippen LogP contribution in [0.15, 0.2) is 24.4 Å². The van der Waals surface area contributed by atoms with Gasteiger partial charge in [0.25, 0.3) is 0 Å². The highest BCUT2D eigenvalue weighted by molar-refractivity contribution is 5.79. The van der Waals surface area contributed by atoms with E-state index in [1.807, 2.05) is 36.9 Å². The monoisotopic (exact) mass is 233 g/mol. The van der Waals surface area contributed by atoms with Crippen LogP contribution in [0.5, 0.6) is 0 Å². The minimum Gasteiger partial charge on any atom is -0.336 e. The molecule has 0 aliphatic carbocycles. The SMILES string of the molecule is CC1(C)C(N)CCN1C(=O)Cc1ccccn1. The van der Waals surface area contributed by atoms with Crippen molar-refractivity contribution in [3.63, 3.8) is 0 Å². The molecular formula is C13H19N3O. The van der Waals surface area contributed by atoms with E-state index >= 15 is 0 Å². The topological polar surface area (TPSA) is 59.2 Å². The van der Waals surface area contributed by atoms with E-state index in [2.05, 4.69) is 4.98 Å². The molecule has 2 heterocycles. The molecule has 0 spiro atoms. The van der Waals surface area contributed by atoms with Crippen LogP contribution >= 0.6 is 0 Å². The van der Waals surface area contributed by atoms with E-state index in [0.717, 1.165) is 18.7 Å². The van der Waals surface area contributed by atoms with Gasteiger partial charge in [-0.15, -0.1) is 0 Å². The van der Waals surface area contributed by atoms with Gasteiger partial charge < -0.3 is 10.6 Å². The average Bonchev–Trinajstić information content (AvgIpc) is 2.55. The highest BCUT2D eigenvalue weighted by Gasteiger charge is 2.41. The molecule has 2 rings (SSSR count). The quantitative estimate of drug-likeness (QED) is 0.827. The Morgan fingerprint density at radius 3 is 2.88 bits per heavy atom. The van der Waals surface area contributed by atoms with Crippen molar-refractivity contribution in [3.8, 4) is 0 Å². The molecule has 1 unspecified atom stereocenters. The number of amides is 1. The van der Waals surface area contributed by atoms with E-state index in [0.29, 0.717) is 6.42 Å². The van der Waals surface area contributed by atoms with Crippen LogP contribution in [0, 0.1) is 0 Å². The summed E-state index contributed by atoms with van der Waals surface area (Å²) in [5, 5.41) is 0. The number of aromatic nitrogens is 1. The highest BCUT2D eigenvalue weighted by atomic mass is 16.2. The van der Waals surface area contributed by atoms with Gasteiger partial charge in [0, 0.05) is 24.5 Å².